The number of allylic oxidation sites excluding steroid dienone is 1. The van der Waals surface area contributed by atoms with Gasteiger partial charge in [-0.3, -0.25) is 4.79 Å². The molecule has 33 heavy (non-hydrogen) atoms. The molecule has 5 rings (SSSR count). The largest absolute Gasteiger partial charge is 0.497 e. The van der Waals surface area contributed by atoms with Gasteiger partial charge in [-0.1, -0.05) is 30.7 Å². The number of carbonyl (C=O) groups excluding carboxylic acids is 1. The van der Waals surface area contributed by atoms with Crippen LogP contribution in [0.2, 0.25) is 0 Å². The Kier molecular flexibility index (Phi) is 5.79. The lowest BCUT2D eigenvalue weighted by atomic mass is 9.63. The van der Waals surface area contributed by atoms with Crippen molar-refractivity contribution < 1.29 is 24.1 Å². The lowest BCUT2D eigenvalue weighted by Gasteiger charge is -2.53. The Balaban J connectivity index is 1.52. The number of methoxy groups -OCH3 is 2. The molecule has 5 heteroatoms. The van der Waals surface area contributed by atoms with Crippen LogP contribution in [0.3, 0.4) is 0 Å². The molecule has 1 heterocycles. The number of benzene rings is 2. The third-order valence-corrected chi connectivity index (χ3v) is 7.87. The van der Waals surface area contributed by atoms with Crippen LogP contribution in [0.4, 0.5) is 0 Å². The maximum atomic E-state index is 14.0. The van der Waals surface area contributed by atoms with Gasteiger partial charge in [0, 0.05) is 12.3 Å². The van der Waals surface area contributed by atoms with Gasteiger partial charge in [0.15, 0.2) is 11.6 Å². The number of Topliss-reactive ketones (excluding diaryl/α,β-unsaturated/α-hetero) is 1. The summed E-state index contributed by atoms with van der Waals surface area (Å²) in [7, 11) is 3.28. The number of rotatable bonds is 4. The monoisotopic (exact) mass is 448 g/mol. The summed E-state index contributed by atoms with van der Waals surface area (Å²) in [6.45, 7) is 0. The highest BCUT2D eigenvalue weighted by Gasteiger charge is 2.61. The number of aliphatic hydroxyl groups is 1. The first kappa shape index (κ1) is 22.2. The fourth-order valence-corrected chi connectivity index (χ4v) is 6.03. The molecule has 0 unspecified atom stereocenters. The van der Waals surface area contributed by atoms with E-state index in [4.69, 9.17) is 14.2 Å². The average Bonchev–Trinajstić information content (AvgIpc) is 3.15. The number of hydrogen-bond donors (Lipinski definition) is 1. The molecule has 0 aromatic heterocycles. The maximum absolute atomic E-state index is 14.0. The summed E-state index contributed by atoms with van der Waals surface area (Å²) in [6, 6.07) is 15.5. The molecule has 2 saturated carbocycles. The molecule has 1 saturated heterocycles. The molecular weight excluding hydrogens is 416 g/mol. The topological polar surface area (TPSA) is 65.0 Å². The van der Waals surface area contributed by atoms with Gasteiger partial charge in [0.25, 0.3) is 0 Å². The molecule has 174 valence electrons. The maximum Gasteiger partial charge on any atom is 0.169 e. The minimum absolute atomic E-state index is 0.00923. The quantitative estimate of drug-likeness (QED) is 0.628. The van der Waals surface area contributed by atoms with Crippen LogP contribution in [0.5, 0.6) is 11.5 Å². The van der Waals surface area contributed by atoms with Gasteiger partial charge in [0.1, 0.15) is 11.5 Å². The number of fused-ring (bicyclic) bond motifs is 1. The van der Waals surface area contributed by atoms with Crippen molar-refractivity contribution in [1.29, 1.82) is 0 Å². The summed E-state index contributed by atoms with van der Waals surface area (Å²) in [4.78, 5) is 14.0. The van der Waals surface area contributed by atoms with Crippen molar-refractivity contribution in [3.8, 4) is 11.5 Å². The second kappa shape index (κ2) is 8.62. The fraction of sp³-hybridized carbons (Fsp3) is 0.464. The molecule has 3 fully saturated rings. The lowest BCUT2D eigenvalue weighted by molar-refractivity contribution is -0.323. The molecular formula is C28H32O5. The molecule has 2 aromatic carbocycles. The highest BCUT2D eigenvalue weighted by Crippen LogP contribution is 2.61. The van der Waals surface area contributed by atoms with E-state index in [0.29, 0.717) is 19.3 Å². The van der Waals surface area contributed by atoms with Crippen LogP contribution < -0.4 is 9.47 Å². The molecule has 3 aliphatic rings. The first-order valence-electron chi connectivity index (χ1n) is 11.9. The predicted octanol–water partition coefficient (Wildman–Crippen LogP) is 5.48. The highest BCUT2D eigenvalue weighted by atomic mass is 16.6. The van der Waals surface area contributed by atoms with Crippen LogP contribution in [0.1, 0.15) is 62.2 Å². The van der Waals surface area contributed by atoms with E-state index in [1.165, 1.54) is 0 Å². The van der Waals surface area contributed by atoms with E-state index in [2.05, 4.69) is 0 Å². The van der Waals surface area contributed by atoms with Crippen molar-refractivity contribution in [2.75, 3.05) is 14.2 Å². The van der Waals surface area contributed by atoms with E-state index in [9.17, 15) is 9.90 Å². The van der Waals surface area contributed by atoms with Gasteiger partial charge in [0.05, 0.1) is 25.7 Å². The van der Waals surface area contributed by atoms with E-state index in [-0.39, 0.29) is 11.7 Å². The number of ether oxygens (including phenoxy) is 3. The standard InChI is InChI=1S/C28H32O5/c1-31-23-10-6-19(7-11-23)17-21-14-16-27(25(21)29)18-22-5-3-4-15-28(22,30)33-26(27)20-8-12-24(32-2)13-9-20/h6-13,17,22,26,30H,3-5,14-16,18H2,1-2H3/b21-17+/t22-,26-,27-,28-/m0/s1. The average molecular weight is 449 g/mol. The molecule has 2 aliphatic carbocycles. The van der Waals surface area contributed by atoms with Gasteiger partial charge in [0.2, 0.25) is 0 Å². The molecule has 0 amide bonds. The van der Waals surface area contributed by atoms with Crippen molar-refractivity contribution in [3.63, 3.8) is 0 Å². The Morgan fingerprint density at radius 3 is 2.30 bits per heavy atom. The molecule has 4 atom stereocenters. The molecule has 0 radical (unpaired) electrons. The van der Waals surface area contributed by atoms with Gasteiger partial charge in [-0.05, 0) is 79.1 Å². The van der Waals surface area contributed by atoms with Crippen LogP contribution in [0, 0.1) is 11.3 Å². The summed E-state index contributed by atoms with van der Waals surface area (Å²) in [6.07, 6.45) is 7.19. The second-order valence-corrected chi connectivity index (χ2v) is 9.69. The van der Waals surface area contributed by atoms with Gasteiger partial charge in [-0.2, -0.15) is 0 Å². The van der Waals surface area contributed by atoms with Crippen molar-refractivity contribution >= 4 is 11.9 Å². The van der Waals surface area contributed by atoms with Crippen molar-refractivity contribution in [3.05, 3.63) is 65.2 Å². The van der Waals surface area contributed by atoms with Gasteiger partial charge in [-0.15, -0.1) is 0 Å². The summed E-state index contributed by atoms with van der Waals surface area (Å²) < 4.78 is 17.1. The summed E-state index contributed by atoms with van der Waals surface area (Å²) >= 11 is 0. The number of ketones is 1. The summed E-state index contributed by atoms with van der Waals surface area (Å²) in [5, 5.41) is 11.4. The minimum Gasteiger partial charge on any atom is -0.497 e. The van der Waals surface area contributed by atoms with Crippen LogP contribution in [-0.4, -0.2) is 30.9 Å². The van der Waals surface area contributed by atoms with Crippen molar-refractivity contribution in [2.45, 2.75) is 56.8 Å². The number of hydrogen-bond acceptors (Lipinski definition) is 5. The van der Waals surface area contributed by atoms with Gasteiger partial charge in [-0.25, -0.2) is 0 Å². The number of carbonyl (C=O) groups is 1. The van der Waals surface area contributed by atoms with Crippen molar-refractivity contribution in [1.82, 2.24) is 0 Å². The Morgan fingerprint density at radius 2 is 1.64 bits per heavy atom. The zero-order valence-electron chi connectivity index (χ0n) is 19.4. The second-order valence-electron chi connectivity index (χ2n) is 9.69. The molecule has 5 nitrogen and oxygen atoms in total. The lowest BCUT2D eigenvalue weighted by Crippen LogP contribution is -2.55. The van der Waals surface area contributed by atoms with Gasteiger partial charge >= 0.3 is 0 Å². The van der Waals surface area contributed by atoms with E-state index >= 15 is 0 Å². The highest BCUT2D eigenvalue weighted by molar-refractivity contribution is 6.06. The third kappa shape index (κ3) is 3.87. The van der Waals surface area contributed by atoms with Crippen LogP contribution in [0.15, 0.2) is 54.1 Å². The van der Waals surface area contributed by atoms with E-state index in [1.807, 2.05) is 54.6 Å². The molecule has 1 aliphatic heterocycles. The Hall–Kier alpha value is -2.63. The summed E-state index contributed by atoms with van der Waals surface area (Å²) in [5.74, 6) is 0.548. The third-order valence-electron chi connectivity index (χ3n) is 7.87. The van der Waals surface area contributed by atoms with Crippen LogP contribution in [-0.2, 0) is 9.53 Å². The Bertz CT molecular complexity index is 1040. The van der Waals surface area contributed by atoms with Gasteiger partial charge < -0.3 is 19.3 Å². The minimum atomic E-state index is -1.16. The smallest absolute Gasteiger partial charge is 0.169 e. The first-order chi connectivity index (χ1) is 16.0. The fourth-order valence-electron chi connectivity index (χ4n) is 6.03. The zero-order chi connectivity index (χ0) is 23.1. The first-order valence-corrected chi connectivity index (χ1v) is 11.9. The van der Waals surface area contributed by atoms with Crippen molar-refractivity contribution in [2.24, 2.45) is 11.3 Å². The molecule has 0 bridgehead atoms. The Morgan fingerprint density at radius 1 is 0.970 bits per heavy atom. The van der Waals surface area contributed by atoms with E-state index < -0.39 is 17.3 Å². The molecule has 1 spiro atoms. The zero-order valence-corrected chi connectivity index (χ0v) is 19.4. The Labute approximate surface area is 195 Å². The normalized spacial score (nSPS) is 32.7. The predicted molar refractivity (Wildman–Crippen MR) is 126 cm³/mol. The van der Waals surface area contributed by atoms with Crippen LogP contribution >= 0.6 is 0 Å². The molecule has 2 aromatic rings. The van der Waals surface area contributed by atoms with E-state index in [0.717, 1.165) is 53.9 Å². The van der Waals surface area contributed by atoms with Crippen LogP contribution in [0.25, 0.3) is 6.08 Å². The summed E-state index contributed by atoms with van der Waals surface area (Å²) in [5.41, 5.74) is 2.10. The van der Waals surface area contributed by atoms with E-state index in [1.54, 1.807) is 14.2 Å². The SMILES string of the molecule is COc1ccc(/C=C2\CC[C@]3(C[C@@H]4CCCC[C@]4(O)O[C@H]3c3ccc(OC)cc3)C2=O)cc1. The molecule has 1 N–H and O–H groups in total.